The van der Waals surface area contributed by atoms with Crippen LogP contribution >= 0.6 is 11.6 Å². The number of amides is 2. The molecule has 0 saturated carbocycles. The number of benzene rings is 3. The minimum Gasteiger partial charge on any atom is -0.496 e. The van der Waals surface area contributed by atoms with E-state index in [0.29, 0.717) is 47.2 Å². The second-order valence-corrected chi connectivity index (χ2v) is 14.8. The van der Waals surface area contributed by atoms with Crippen LogP contribution in [0.5, 0.6) is 5.75 Å². The molecule has 1 atom stereocenters. The Bertz CT molecular complexity index is 2090. The van der Waals surface area contributed by atoms with Crippen LogP contribution in [-0.2, 0) is 29.4 Å². The van der Waals surface area contributed by atoms with E-state index in [2.05, 4.69) is 20.4 Å². The number of aromatic nitrogens is 1. The van der Waals surface area contributed by atoms with Crippen LogP contribution in [0.1, 0.15) is 61.1 Å². The number of likely N-dealkylation sites (tertiary alicyclic amines) is 2. The van der Waals surface area contributed by atoms with Gasteiger partial charge in [0.15, 0.2) is 0 Å². The van der Waals surface area contributed by atoms with Gasteiger partial charge in [-0.15, -0.1) is 0 Å². The zero-order valence-corrected chi connectivity index (χ0v) is 30.5. The Hall–Kier alpha value is -4.39. The number of imide groups is 1. The van der Waals surface area contributed by atoms with Crippen LogP contribution in [0.2, 0.25) is 5.02 Å². The Labute approximate surface area is 311 Å². The number of rotatable bonds is 8. The lowest BCUT2D eigenvalue weighted by Crippen LogP contribution is -2.47. The number of ether oxygens (including phenoxy) is 1. The molecule has 9 nitrogen and oxygen atoms in total. The van der Waals surface area contributed by atoms with Crippen molar-refractivity contribution >= 4 is 39.9 Å². The summed E-state index contributed by atoms with van der Waals surface area (Å²) in [4.78, 5) is 41.2. The van der Waals surface area contributed by atoms with Crippen molar-refractivity contribution in [3.8, 4) is 16.9 Å². The summed E-state index contributed by atoms with van der Waals surface area (Å²) in [6, 6.07) is 15.3. The molecule has 53 heavy (non-hydrogen) atoms. The van der Waals surface area contributed by atoms with Gasteiger partial charge >= 0.3 is 6.18 Å². The van der Waals surface area contributed by atoms with Crippen LogP contribution in [0, 0.1) is 0 Å². The number of carbonyl (C=O) groups excluding carboxylic acids is 2. The summed E-state index contributed by atoms with van der Waals surface area (Å²) in [6.07, 6.45) is 0.822. The van der Waals surface area contributed by atoms with Gasteiger partial charge in [0.05, 0.1) is 12.7 Å². The van der Waals surface area contributed by atoms with Crippen molar-refractivity contribution in [2.45, 2.75) is 69.2 Å². The summed E-state index contributed by atoms with van der Waals surface area (Å²) in [5, 5.41) is 7.21. The van der Waals surface area contributed by atoms with Gasteiger partial charge in [-0.3, -0.25) is 24.6 Å². The van der Waals surface area contributed by atoms with E-state index in [4.69, 9.17) is 16.3 Å². The minimum absolute atomic E-state index is 0.0599. The number of aryl methyl sites for hydroxylation is 1. The number of anilines is 1. The van der Waals surface area contributed by atoms with E-state index in [1.807, 2.05) is 42.6 Å². The summed E-state index contributed by atoms with van der Waals surface area (Å²) >= 11 is 6.94. The van der Waals surface area contributed by atoms with Crippen LogP contribution < -0.4 is 20.9 Å². The number of pyridine rings is 1. The molecule has 1 aromatic heterocycles. The molecule has 4 aromatic rings. The van der Waals surface area contributed by atoms with Crippen molar-refractivity contribution in [1.82, 2.24) is 19.7 Å². The Morgan fingerprint density at radius 2 is 1.64 bits per heavy atom. The highest BCUT2D eigenvalue weighted by molar-refractivity contribution is 6.32. The van der Waals surface area contributed by atoms with Crippen molar-refractivity contribution in [1.29, 1.82) is 0 Å². The first-order valence-corrected chi connectivity index (χ1v) is 18.5. The molecular weight excluding hydrogens is 707 g/mol. The summed E-state index contributed by atoms with van der Waals surface area (Å²) in [6.45, 7) is 3.79. The number of alkyl halides is 3. The number of carbonyl (C=O) groups is 2. The van der Waals surface area contributed by atoms with Crippen LogP contribution in [0.15, 0.2) is 65.6 Å². The molecule has 0 bridgehead atoms. The fourth-order valence-electron chi connectivity index (χ4n) is 8.27. The second-order valence-electron chi connectivity index (χ2n) is 14.4. The average molecular weight is 750 g/mol. The molecule has 280 valence electrons. The molecule has 3 fully saturated rings. The van der Waals surface area contributed by atoms with E-state index < -0.39 is 23.7 Å². The van der Waals surface area contributed by atoms with E-state index in [9.17, 15) is 27.6 Å². The minimum atomic E-state index is -4.54. The fourth-order valence-corrected chi connectivity index (χ4v) is 8.54. The Morgan fingerprint density at radius 1 is 0.925 bits per heavy atom. The molecule has 2 N–H and O–H groups in total. The first kappa shape index (κ1) is 36.9. The number of hydrogen-bond acceptors (Lipinski definition) is 7. The summed E-state index contributed by atoms with van der Waals surface area (Å²) in [5.41, 5.74) is 2.45. The van der Waals surface area contributed by atoms with E-state index in [1.165, 1.54) is 0 Å². The lowest BCUT2D eigenvalue weighted by molar-refractivity contribution is -0.138. The number of fused-ring (bicyclic) bond motifs is 1. The van der Waals surface area contributed by atoms with Gasteiger partial charge in [-0.2, -0.15) is 13.2 Å². The van der Waals surface area contributed by atoms with Gasteiger partial charge in [-0.25, -0.2) is 0 Å². The van der Waals surface area contributed by atoms with Crippen LogP contribution in [0.25, 0.3) is 21.9 Å². The first-order chi connectivity index (χ1) is 25.4. The predicted octanol–water partition coefficient (Wildman–Crippen LogP) is 6.95. The van der Waals surface area contributed by atoms with Gasteiger partial charge in [0.1, 0.15) is 11.8 Å². The zero-order valence-electron chi connectivity index (χ0n) is 29.8. The topological polar surface area (TPSA) is 95.9 Å². The Balaban J connectivity index is 0.970. The van der Waals surface area contributed by atoms with Crippen molar-refractivity contribution in [3.63, 3.8) is 0 Å². The summed E-state index contributed by atoms with van der Waals surface area (Å²) < 4.78 is 50.4. The van der Waals surface area contributed by atoms with Gasteiger partial charge in [-0.1, -0.05) is 35.9 Å². The maximum Gasteiger partial charge on any atom is 0.416 e. The molecule has 0 spiro atoms. The number of nitrogens with zero attached hydrogens (tertiary/aromatic N) is 3. The molecule has 3 saturated heterocycles. The molecule has 1 unspecified atom stereocenters. The maximum absolute atomic E-state index is 14.3. The van der Waals surface area contributed by atoms with E-state index in [-0.39, 0.29) is 35.9 Å². The zero-order chi connectivity index (χ0) is 37.4. The number of piperidine rings is 3. The third kappa shape index (κ3) is 7.81. The Kier molecular flexibility index (Phi) is 10.6. The highest BCUT2D eigenvalue weighted by Gasteiger charge is 2.38. The van der Waals surface area contributed by atoms with E-state index >= 15 is 0 Å². The van der Waals surface area contributed by atoms with Crippen LogP contribution in [0.3, 0.4) is 0 Å². The van der Waals surface area contributed by atoms with Gasteiger partial charge < -0.3 is 19.5 Å². The van der Waals surface area contributed by atoms with Crippen molar-refractivity contribution in [3.05, 3.63) is 92.9 Å². The number of hydrogen-bond donors (Lipinski definition) is 2. The largest absolute Gasteiger partial charge is 0.496 e. The second kappa shape index (κ2) is 15.2. The van der Waals surface area contributed by atoms with Crippen LogP contribution in [0.4, 0.5) is 18.9 Å². The standard InChI is InChI=1S/C40H43ClF3N5O4/c1-47-22-31(29-5-3-4-6-30(29)39(47)52)25-19-34(41)32(36(20-25)53-2)23-48-15-13-27(14-16-48)49-17-11-24(12-18-49)28-8-7-26(21-33(28)40(42,43)44)45-35-9-10-37(50)46-38(35)51/h3-8,19-22,24,27,35,45H,9-18,23H2,1-2H3,(H,46,50,51). The highest BCUT2D eigenvalue weighted by atomic mass is 35.5. The third-order valence-corrected chi connectivity index (χ3v) is 11.5. The number of methoxy groups -OCH3 is 1. The first-order valence-electron chi connectivity index (χ1n) is 18.1. The molecule has 4 heterocycles. The maximum atomic E-state index is 14.3. The quantitative estimate of drug-likeness (QED) is 0.189. The predicted molar refractivity (Wildman–Crippen MR) is 199 cm³/mol. The number of nitrogens with one attached hydrogen (secondary N) is 2. The lowest BCUT2D eigenvalue weighted by Gasteiger charge is -2.42. The highest BCUT2D eigenvalue weighted by Crippen LogP contribution is 2.41. The van der Waals surface area contributed by atoms with E-state index in [1.54, 1.807) is 30.9 Å². The molecule has 3 aliphatic rings. The molecular formula is C40H43ClF3N5O4. The van der Waals surface area contributed by atoms with Gasteiger partial charge in [0.2, 0.25) is 11.8 Å². The summed E-state index contributed by atoms with van der Waals surface area (Å²) in [7, 11) is 3.38. The molecule has 7 rings (SSSR count). The molecule has 3 aliphatic heterocycles. The average Bonchev–Trinajstić information content (AvgIpc) is 3.15. The smallest absolute Gasteiger partial charge is 0.416 e. The molecule has 0 aliphatic carbocycles. The fraction of sp³-hybridized carbons (Fsp3) is 0.425. The molecule has 2 amide bonds. The monoisotopic (exact) mass is 749 g/mol. The van der Waals surface area contributed by atoms with Crippen molar-refractivity contribution < 1.29 is 27.5 Å². The van der Waals surface area contributed by atoms with Gasteiger partial charge in [0.25, 0.3) is 5.56 Å². The van der Waals surface area contributed by atoms with Gasteiger partial charge in [-0.05, 0) is 111 Å². The lowest BCUT2D eigenvalue weighted by atomic mass is 9.85. The van der Waals surface area contributed by atoms with Crippen LogP contribution in [-0.4, -0.2) is 71.6 Å². The van der Waals surface area contributed by atoms with E-state index in [0.717, 1.165) is 67.2 Å². The number of halogens is 4. The third-order valence-electron chi connectivity index (χ3n) is 11.1. The van der Waals surface area contributed by atoms with Crippen molar-refractivity contribution in [2.24, 2.45) is 7.05 Å². The SMILES string of the molecule is COc1cc(-c2cn(C)c(=O)c3ccccc23)cc(Cl)c1CN1CCC(N2CCC(c3ccc(NC4CCC(=O)NC4=O)cc3C(F)(F)F)CC2)CC1. The molecule has 0 radical (unpaired) electrons. The molecule has 13 heteroatoms. The normalized spacial score (nSPS) is 19.8. The van der Waals surface area contributed by atoms with Crippen molar-refractivity contribution in [2.75, 3.05) is 38.6 Å². The summed E-state index contributed by atoms with van der Waals surface area (Å²) in [5.74, 6) is -0.433. The Morgan fingerprint density at radius 3 is 2.32 bits per heavy atom. The molecule has 3 aromatic carbocycles. The van der Waals surface area contributed by atoms with Gasteiger partial charge in [0, 0.05) is 59.5 Å².